The van der Waals surface area contributed by atoms with Crippen molar-refractivity contribution in [2.75, 3.05) is 30.8 Å². The van der Waals surface area contributed by atoms with E-state index in [1.54, 1.807) is 0 Å². The van der Waals surface area contributed by atoms with Crippen LogP contribution in [0.15, 0.2) is 6.20 Å². The van der Waals surface area contributed by atoms with Crippen LogP contribution in [0.25, 0.3) is 0 Å². The maximum absolute atomic E-state index is 12.6. The van der Waals surface area contributed by atoms with E-state index in [4.69, 9.17) is 10.5 Å². The number of nitrogens with one attached hydrogen (secondary N) is 1. The predicted octanol–water partition coefficient (Wildman–Crippen LogP) is 2.04. The molecule has 1 aromatic heterocycles. The molecule has 156 valence electrons. The summed E-state index contributed by atoms with van der Waals surface area (Å²) in [6.07, 6.45) is 6.59. The van der Waals surface area contributed by atoms with Crippen LogP contribution in [-0.4, -0.2) is 51.1 Å². The van der Waals surface area contributed by atoms with Gasteiger partial charge in [0.15, 0.2) is 11.5 Å². The lowest BCUT2D eigenvalue weighted by atomic mass is 9.74. The molecule has 9 heteroatoms. The van der Waals surface area contributed by atoms with Crippen molar-refractivity contribution in [1.29, 1.82) is 0 Å². The van der Waals surface area contributed by atoms with E-state index in [2.05, 4.69) is 19.6 Å². The summed E-state index contributed by atoms with van der Waals surface area (Å²) in [5.41, 5.74) is 6.15. The molecule has 0 bridgehead atoms. The highest BCUT2D eigenvalue weighted by atomic mass is 32.2. The standard InChI is InChI=1S/C19H31N5O3S/c1-18(2,3)28(26)23-13-6-5-7-19(13)8-10-24(11-9-19)16-15(17(25)27-4)21-12-14(20)22-16/h12-13,23H,5-11H2,1-4H3,(H2,20,22)/t13-,28-/m1/s1. The van der Waals surface area contributed by atoms with Gasteiger partial charge in [-0.05, 0) is 51.9 Å². The Morgan fingerprint density at radius 1 is 1.36 bits per heavy atom. The first kappa shape index (κ1) is 21.0. The second kappa shape index (κ2) is 7.94. The minimum atomic E-state index is -1.08. The fraction of sp³-hybridized carbons (Fsp3) is 0.737. The summed E-state index contributed by atoms with van der Waals surface area (Å²) in [6, 6.07) is 0.252. The lowest BCUT2D eigenvalue weighted by molar-refractivity contribution is 0.0594. The molecule has 1 spiro atoms. The number of anilines is 2. The van der Waals surface area contributed by atoms with Gasteiger partial charge in [0.05, 0.1) is 29.0 Å². The fourth-order valence-corrected chi connectivity index (χ4v) is 5.22. The Balaban J connectivity index is 1.75. The first-order valence-electron chi connectivity index (χ1n) is 9.80. The maximum atomic E-state index is 12.6. The van der Waals surface area contributed by atoms with Crippen molar-refractivity contribution in [2.45, 2.75) is 63.7 Å². The van der Waals surface area contributed by atoms with Crippen molar-refractivity contribution in [3.05, 3.63) is 11.9 Å². The van der Waals surface area contributed by atoms with Gasteiger partial charge in [-0.15, -0.1) is 0 Å². The second-order valence-corrected chi connectivity index (χ2v) is 10.7. The molecule has 1 saturated heterocycles. The fourth-order valence-electron chi connectivity index (χ4n) is 4.24. The lowest BCUT2D eigenvalue weighted by Crippen LogP contribution is -2.51. The third-order valence-electron chi connectivity index (χ3n) is 5.92. The zero-order chi connectivity index (χ0) is 20.5. The second-order valence-electron chi connectivity index (χ2n) is 8.75. The van der Waals surface area contributed by atoms with Gasteiger partial charge in [0.1, 0.15) is 5.82 Å². The van der Waals surface area contributed by atoms with E-state index in [0.29, 0.717) is 5.82 Å². The number of carbonyl (C=O) groups excluding carboxylic acids is 1. The van der Waals surface area contributed by atoms with E-state index in [1.165, 1.54) is 13.3 Å². The van der Waals surface area contributed by atoms with E-state index < -0.39 is 17.0 Å². The summed E-state index contributed by atoms with van der Waals surface area (Å²) in [4.78, 5) is 22.6. The number of carbonyl (C=O) groups is 1. The minimum absolute atomic E-state index is 0.136. The van der Waals surface area contributed by atoms with Gasteiger partial charge in [-0.1, -0.05) is 6.42 Å². The third kappa shape index (κ3) is 4.15. The maximum Gasteiger partial charge on any atom is 0.360 e. The zero-order valence-corrected chi connectivity index (χ0v) is 18.0. The Labute approximate surface area is 169 Å². The van der Waals surface area contributed by atoms with E-state index in [9.17, 15) is 9.00 Å². The summed E-state index contributed by atoms with van der Waals surface area (Å²) in [6.45, 7) is 7.48. The molecule has 0 amide bonds. The van der Waals surface area contributed by atoms with Crippen molar-refractivity contribution in [1.82, 2.24) is 14.7 Å². The monoisotopic (exact) mass is 409 g/mol. The van der Waals surface area contributed by atoms with Crippen LogP contribution in [-0.2, 0) is 15.7 Å². The van der Waals surface area contributed by atoms with Crippen LogP contribution in [0.4, 0.5) is 11.6 Å². The van der Waals surface area contributed by atoms with Gasteiger partial charge < -0.3 is 15.4 Å². The van der Waals surface area contributed by atoms with Crippen LogP contribution in [0.2, 0.25) is 0 Å². The molecule has 1 aromatic rings. The van der Waals surface area contributed by atoms with Gasteiger partial charge in [0, 0.05) is 19.1 Å². The highest BCUT2D eigenvalue weighted by Gasteiger charge is 2.46. The molecule has 1 saturated carbocycles. The SMILES string of the molecule is COC(=O)c1ncc(N)nc1N1CCC2(CCC[C@H]2N[S@](=O)C(C)(C)C)CC1. The van der Waals surface area contributed by atoms with Gasteiger partial charge in [0.2, 0.25) is 0 Å². The number of methoxy groups -OCH3 is 1. The molecule has 0 aromatic carbocycles. The number of esters is 1. The topological polar surface area (TPSA) is 110 Å². The van der Waals surface area contributed by atoms with E-state index >= 15 is 0 Å². The smallest absolute Gasteiger partial charge is 0.360 e. The Morgan fingerprint density at radius 2 is 2.04 bits per heavy atom. The van der Waals surface area contributed by atoms with E-state index in [-0.39, 0.29) is 27.7 Å². The van der Waals surface area contributed by atoms with Crippen LogP contribution < -0.4 is 15.4 Å². The summed E-state index contributed by atoms with van der Waals surface area (Å²) in [7, 11) is 0.255. The van der Waals surface area contributed by atoms with Crippen LogP contribution in [0.3, 0.4) is 0 Å². The molecule has 3 N–H and O–H groups in total. The molecule has 2 heterocycles. The Kier molecular flexibility index (Phi) is 5.95. The molecule has 1 aliphatic carbocycles. The molecule has 2 atom stereocenters. The van der Waals surface area contributed by atoms with Crippen LogP contribution in [0.1, 0.15) is 63.4 Å². The van der Waals surface area contributed by atoms with Crippen LogP contribution in [0, 0.1) is 5.41 Å². The van der Waals surface area contributed by atoms with E-state index in [0.717, 1.165) is 45.2 Å². The summed E-state index contributed by atoms with van der Waals surface area (Å²) in [5, 5.41) is 0. The normalized spacial score (nSPS) is 23.0. The van der Waals surface area contributed by atoms with Gasteiger partial charge in [0.25, 0.3) is 0 Å². The number of aromatic nitrogens is 2. The average Bonchev–Trinajstić information content (AvgIpc) is 3.02. The summed E-state index contributed by atoms with van der Waals surface area (Å²) < 4.78 is 20.6. The summed E-state index contributed by atoms with van der Waals surface area (Å²) in [5.74, 6) is 0.259. The third-order valence-corrected chi connectivity index (χ3v) is 7.53. The molecule has 1 aliphatic heterocycles. The van der Waals surface area contributed by atoms with Crippen molar-refractivity contribution < 1.29 is 13.7 Å². The predicted molar refractivity (Wildman–Crippen MR) is 110 cm³/mol. The number of ether oxygens (including phenoxy) is 1. The van der Waals surface area contributed by atoms with Crippen molar-refractivity contribution in [2.24, 2.45) is 5.41 Å². The van der Waals surface area contributed by atoms with Crippen molar-refractivity contribution in [3.8, 4) is 0 Å². The highest BCUT2D eigenvalue weighted by molar-refractivity contribution is 7.84. The number of nitrogen functional groups attached to an aromatic ring is 1. The molecule has 0 unspecified atom stereocenters. The van der Waals surface area contributed by atoms with Crippen LogP contribution >= 0.6 is 0 Å². The number of piperidine rings is 1. The quantitative estimate of drug-likeness (QED) is 0.732. The Hall–Kier alpha value is -1.74. The van der Waals surface area contributed by atoms with Crippen molar-refractivity contribution >= 4 is 28.6 Å². The first-order valence-corrected chi connectivity index (χ1v) is 10.9. The highest BCUT2D eigenvalue weighted by Crippen LogP contribution is 2.47. The van der Waals surface area contributed by atoms with Crippen molar-refractivity contribution in [3.63, 3.8) is 0 Å². The largest absolute Gasteiger partial charge is 0.464 e. The number of hydrogen-bond donors (Lipinski definition) is 2. The van der Waals surface area contributed by atoms with Crippen LogP contribution in [0.5, 0.6) is 0 Å². The van der Waals surface area contributed by atoms with Gasteiger partial charge in [-0.2, -0.15) is 0 Å². The number of rotatable bonds is 4. The summed E-state index contributed by atoms with van der Waals surface area (Å²) >= 11 is 0. The van der Waals surface area contributed by atoms with Gasteiger partial charge >= 0.3 is 5.97 Å². The Bertz CT molecular complexity index is 756. The number of hydrogen-bond acceptors (Lipinski definition) is 7. The minimum Gasteiger partial charge on any atom is -0.464 e. The van der Waals surface area contributed by atoms with Gasteiger partial charge in [-0.3, -0.25) is 0 Å². The van der Waals surface area contributed by atoms with E-state index in [1.807, 2.05) is 20.8 Å². The number of nitrogens with two attached hydrogens (primary N) is 1. The van der Waals surface area contributed by atoms with Gasteiger partial charge in [-0.25, -0.2) is 23.7 Å². The molecule has 28 heavy (non-hydrogen) atoms. The molecular weight excluding hydrogens is 378 g/mol. The molecular formula is C19H31N5O3S. The molecule has 8 nitrogen and oxygen atoms in total. The molecule has 0 radical (unpaired) electrons. The molecule has 2 aliphatic rings. The molecule has 2 fully saturated rings. The molecule has 3 rings (SSSR count). The Morgan fingerprint density at radius 3 is 2.64 bits per heavy atom. The average molecular weight is 410 g/mol. The lowest BCUT2D eigenvalue weighted by Gasteiger charge is -2.44. The first-order chi connectivity index (χ1) is 13.2. The number of nitrogens with zero attached hydrogens (tertiary/aromatic N) is 3. The zero-order valence-electron chi connectivity index (χ0n) is 17.2.